The lowest BCUT2D eigenvalue weighted by Gasteiger charge is -2.27. The first-order valence-electron chi connectivity index (χ1n) is 5.13. The maximum atomic E-state index is 8.77. The Morgan fingerprint density at radius 2 is 2.50 bits per heavy atom. The van der Waals surface area contributed by atoms with Gasteiger partial charge in [0.1, 0.15) is 10.9 Å². The van der Waals surface area contributed by atoms with Crippen LogP contribution in [-0.4, -0.2) is 23.7 Å². The minimum absolute atomic E-state index is 0.275. The van der Waals surface area contributed by atoms with Crippen LogP contribution in [-0.2, 0) is 4.74 Å². The highest BCUT2D eigenvalue weighted by Crippen LogP contribution is 2.28. The SMILES string of the molecule is CC1CC(Nc2nc(Cl)c(C#N)s2)CCO1. The first kappa shape index (κ1) is 11.6. The van der Waals surface area contributed by atoms with Gasteiger partial charge in [-0.3, -0.25) is 0 Å². The summed E-state index contributed by atoms with van der Waals surface area (Å²) in [5.41, 5.74) is 0. The van der Waals surface area contributed by atoms with E-state index in [-0.39, 0.29) is 11.3 Å². The van der Waals surface area contributed by atoms with Crippen LogP contribution >= 0.6 is 22.9 Å². The van der Waals surface area contributed by atoms with E-state index in [9.17, 15) is 0 Å². The molecule has 2 atom stereocenters. The summed E-state index contributed by atoms with van der Waals surface area (Å²) in [6.07, 6.45) is 2.19. The van der Waals surface area contributed by atoms with E-state index in [1.807, 2.05) is 6.07 Å². The molecule has 0 saturated carbocycles. The van der Waals surface area contributed by atoms with Crippen molar-refractivity contribution in [1.82, 2.24) is 4.98 Å². The van der Waals surface area contributed by atoms with Crippen molar-refractivity contribution >= 4 is 28.1 Å². The second kappa shape index (κ2) is 5.00. The molecule has 0 spiro atoms. The lowest BCUT2D eigenvalue weighted by atomic mass is 10.1. The summed E-state index contributed by atoms with van der Waals surface area (Å²) in [7, 11) is 0. The fourth-order valence-electron chi connectivity index (χ4n) is 1.74. The topological polar surface area (TPSA) is 57.9 Å². The Bertz CT molecular complexity index is 415. The van der Waals surface area contributed by atoms with Gasteiger partial charge < -0.3 is 10.1 Å². The predicted octanol–water partition coefficient (Wildman–Crippen LogP) is 2.65. The maximum Gasteiger partial charge on any atom is 0.185 e. The van der Waals surface area contributed by atoms with Gasteiger partial charge in [-0.1, -0.05) is 22.9 Å². The Labute approximate surface area is 103 Å². The number of nitrogens with one attached hydrogen (secondary N) is 1. The zero-order valence-electron chi connectivity index (χ0n) is 8.86. The molecule has 0 aromatic carbocycles. The number of thiazole rings is 1. The van der Waals surface area contributed by atoms with Gasteiger partial charge in [-0.15, -0.1) is 0 Å². The number of aromatic nitrogens is 1. The van der Waals surface area contributed by atoms with E-state index in [4.69, 9.17) is 21.6 Å². The monoisotopic (exact) mass is 257 g/mol. The third-order valence-electron chi connectivity index (χ3n) is 2.50. The molecule has 6 heteroatoms. The fraction of sp³-hybridized carbons (Fsp3) is 0.600. The van der Waals surface area contributed by atoms with Gasteiger partial charge in [0.25, 0.3) is 0 Å². The number of anilines is 1. The third kappa shape index (κ3) is 2.64. The fourth-order valence-corrected chi connectivity index (χ4v) is 2.76. The van der Waals surface area contributed by atoms with Crippen LogP contribution in [0.5, 0.6) is 0 Å². The number of nitriles is 1. The van der Waals surface area contributed by atoms with Crippen LogP contribution in [0.4, 0.5) is 5.13 Å². The zero-order valence-corrected chi connectivity index (χ0v) is 10.4. The number of halogens is 1. The molecule has 86 valence electrons. The minimum atomic E-state index is 0.275. The van der Waals surface area contributed by atoms with E-state index < -0.39 is 0 Å². The quantitative estimate of drug-likeness (QED) is 0.885. The molecule has 2 heterocycles. The highest BCUT2D eigenvalue weighted by molar-refractivity contribution is 7.16. The number of hydrogen-bond acceptors (Lipinski definition) is 5. The van der Waals surface area contributed by atoms with E-state index in [1.54, 1.807) is 0 Å². The van der Waals surface area contributed by atoms with Crippen molar-refractivity contribution in [2.45, 2.75) is 31.9 Å². The zero-order chi connectivity index (χ0) is 11.5. The molecule has 4 nitrogen and oxygen atoms in total. The molecular formula is C10H12ClN3OS. The van der Waals surface area contributed by atoms with Crippen molar-refractivity contribution in [1.29, 1.82) is 5.26 Å². The van der Waals surface area contributed by atoms with Gasteiger partial charge >= 0.3 is 0 Å². The van der Waals surface area contributed by atoms with E-state index in [0.717, 1.165) is 24.6 Å². The van der Waals surface area contributed by atoms with Crippen LogP contribution in [0.3, 0.4) is 0 Å². The second-order valence-electron chi connectivity index (χ2n) is 3.80. The van der Waals surface area contributed by atoms with Gasteiger partial charge in [-0.05, 0) is 19.8 Å². The van der Waals surface area contributed by atoms with Gasteiger partial charge in [-0.2, -0.15) is 5.26 Å². The van der Waals surface area contributed by atoms with Gasteiger partial charge in [-0.25, -0.2) is 4.98 Å². The van der Waals surface area contributed by atoms with Gasteiger partial charge in [0, 0.05) is 12.6 Å². The molecule has 1 N–H and O–H groups in total. The molecule has 2 rings (SSSR count). The largest absolute Gasteiger partial charge is 0.378 e. The standard InChI is InChI=1S/C10H12ClN3OS/c1-6-4-7(2-3-15-6)13-10-14-9(11)8(5-12)16-10/h6-7H,2-4H2,1H3,(H,13,14). The Hall–Kier alpha value is -0.830. The van der Waals surface area contributed by atoms with E-state index in [1.165, 1.54) is 11.3 Å². The van der Waals surface area contributed by atoms with Crippen LogP contribution in [0.15, 0.2) is 0 Å². The minimum Gasteiger partial charge on any atom is -0.378 e. The first-order valence-corrected chi connectivity index (χ1v) is 6.33. The molecule has 0 bridgehead atoms. The van der Waals surface area contributed by atoms with Gasteiger partial charge in [0.2, 0.25) is 0 Å². The maximum absolute atomic E-state index is 8.77. The lowest BCUT2D eigenvalue weighted by molar-refractivity contribution is 0.0232. The summed E-state index contributed by atoms with van der Waals surface area (Å²) < 4.78 is 5.46. The van der Waals surface area contributed by atoms with E-state index in [2.05, 4.69) is 17.2 Å². The first-order chi connectivity index (χ1) is 7.69. The van der Waals surface area contributed by atoms with Crippen LogP contribution < -0.4 is 5.32 Å². The van der Waals surface area contributed by atoms with Crippen LogP contribution in [0.2, 0.25) is 5.15 Å². The van der Waals surface area contributed by atoms with E-state index in [0.29, 0.717) is 10.9 Å². The Morgan fingerprint density at radius 1 is 1.69 bits per heavy atom. The summed E-state index contributed by atoms with van der Waals surface area (Å²) in [6, 6.07) is 2.38. The molecule has 1 fully saturated rings. The molecule has 1 saturated heterocycles. The average Bonchev–Trinajstić information content (AvgIpc) is 2.58. The normalized spacial score (nSPS) is 25.1. The Balaban J connectivity index is 2.00. The molecule has 1 aliphatic heterocycles. The predicted molar refractivity (Wildman–Crippen MR) is 63.9 cm³/mol. The highest BCUT2D eigenvalue weighted by atomic mass is 35.5. The third-order valence-corrected chi connectivity index (χ3v) is 3.78. The van der Waals surface area contributed by atoms with Crippen molar-refractivity contribution in [2.75, 3.05) is 11.9 Å². The number of ether oxygens (including phenoxy) is 1. The van der Waals surface area contributed by atoms with Crippen molar-refractivity contribution in [3.05, 3.63) is 10.0 Å². The number of nitrogens with zero attached hydrogens (tertiary/aromatic N) is 2. The number of rotatable bonds is 2. The van der Waals surface area contributed by atoms with E-state index >= 15 is 0 Å². The molecule has 0 radical (unpaired) electrons. The molecule has 0 amide bonds. The summed E-state index contributed by atoms with van der Waals surface area (Å²) in [6.45, 7) is 2.83. The molecular weight excluding hydrogens is 246 g/mol. The summed E-state index contributed by atoms with van der Waals surface area (Å²) in [4.78, 5) is 4.57. The van der Waals surface area contributed by atoms with Gasteiger partial charge in [0.15, 0.2) is 10.3 Å². The molecule has 1 aliphatic rings. The lowest BCUT2D eigenvalue weighted by Crippen LogP contribution is -2.32. The molecule has 0 aliphatic carbocycles. The molecule has 16 heavy (non-hydrogen) atoms. The van der Waals surface area contributed by atoms with Gasteiger partial charge in [0.05, 0.1) is 6.10 Å². The average molecular weight is 258 g/mol. The molecule has 1 aromatic heterocycles. The molecule has 1 aromatic rings. The van der Waals surface area contributed by atoms with Crippen molar-refractivity contribution in [3.8, 4) is 6.07 Å². The second-order valence-corrected chi connectivity index (χ2v) is 5.15. The number of hydrogen-bond donors (Lipinski definition) is 1. The Kier molecular flexibility index (Phi) is 3.64. The van der Waals surface area contributed by atoms with Crippen LogP contribution in [0, 0.1) is 11.3 Å². The van der Waals surface area contributed by atoms with Crippen LogP contribution in [0.25, 0.3) is 0 Å². The van der Waals surface area contributed by atoms with Crippen molar-refractivity contribution in [2.24, 2.45) is 0 Å². The highest BCUT2D eigenvalue weighted by Gasteiger charge is 2.20. The summed E-state index contributed by atoms with van der Waals surface area (Å²) in [5.74, 6) is 0. The Morgan fingerprint density at radius 3 is 3.12 bits per heavy atom. The van der Waals surface area contributed by atoms with Crippen molar-refractivity contribution in [3.63, 3.8) is 0 Å². The van der Waals surface area contributed by atoms with Crippen LogP contribution in [0.1, 0.15) is 24.6 Å². The summed E-state index contributed by atoms with van der Waals surface area (Å²) >= 11 is 7.10. The smallest absolute Gasteiger partial charge is 0.185 e. The summed E-state index contributed by atoms with van der Waals surface area (Å²) in [5, 5.41) is 13.1. The van der Waals surface area contributed by atoms with Crippen molar-refractivity contribution < 1.29 is 4.74 Å². The molecule has 2 unspecified atom stereocenters.